The smallest absolute Gasteiger partial charge is 0.326 e. The molecule has 1 aliphatic carbocycles. The van der Waals surface area contributed by atoms with Crippen molar-refractivity contribution in [2.45, 2.75) is 167 Å². The van der Waals surface area contributed by atoms with Gasteiger partial charge in [0.05, 0.1) is 19.8 Å². The lowest BCUT2D eigenvalue weighted by Gasteiger charge is -2.29. The SMILES string of the molecule is CC(=O)COCCOCCNC(=O)CC[C@@H](NC(=O)C1CCC(CNCCCCCCCCCCCCCCCCCCCC(=O)O)CC1)C(=O)O. The first-order valence-electron chi connectivity index (χ1n) is 20.6. The standard InChI is InChI=1S/C40H73N3O9/c1-33(44)32-52-30-29-51-28-27-42-37(45)25-24-36(40(49)50)43-39(48)35-22-20-34(21-23-35)31-41-26-18-16-14-12-10-8-6-4-2-3-5-7-9-11-13-15-17-19-38(46)47/h34-36,41H,2-32H2,1H3,(H,42,45)(H,43,48)(H,46,47)(H,49,50)/t34?,35?,36-/m1/s1. The van der Waals surface area contributed by atoms with Gasteiger partial charge in [0.2, 0.25) is 11.8 Å². The second kappa shape index (κ2) is 33.0. The summed E-state index contributed by atoms with van der Waals surface area (Å²) in [7, 11) is 0. The first-order chi connectivity index (χ1) is 25.2. The van der Waals surface area contributed by atoms with Gasteiger partial charge in [0.1, 0.15) is 12.6 Å². The molecule has 1 atom stereocenters. The summed E-state index contributed by atoms with van der Waals surface area (Å²) in [6, 6.07) is -1.10. The first-order valence-corrected chi connectivity index (χ1v) is 20.6. The lowest BCUT2D eigenvalue weighted by atomic mass is 9.81. The number of nitrogens with one attached hydrogen (secondary N) is 3. The molecule has 0 unspecified atom stereocenters. The summed E-state index contributed by atoms with van der Waals surface area (Å²) < 4.78 is 10.4. The van der Waals surface area contributed by atoms with E-state index in [9.17, 15) is 29.1 Å². The van der Waals surface area contributed by atoms with Crippen molar-refractivity contribution in [1.82, 2.24) is 16.0 Å². The Morgan fingerprint density at radius 3 is 1.67 bits per heavy atom. The number of Topliss-reactive ketones (excluding diaryl/α,β-unsaturated/α-hetero) is 1. The number of hydrogen-bond acceptors (Lipinski definition) is 8. The molecular formula is C40H73N3O9. The highest BCUT2D eigenvalue weighted by atomic mass is 16.5. The lowest BCUT2D eigenvalue weighted by molar-refractivity contribution is -0.143. The van der Waals surface area contributed by atoms with Gasteiger partial charge in [-0.25, -0.2) is 4.79 Å². The van der Waals surface area contributed by atoms with Gasteiger partial charge >= 0.3 is 11.9 Å². The third kappa shape index (κ3) is 28.9. The number of aliphatic carboxylic acids is 2. The molecule has 52 heavy (non-hydrogen) atoms. The molecule has 0 aliphatic heterocycles. The molecule has 5 N–H and O–H groups in total. The maximum atomic E-state index is 12.8. The summed E-state index contributed by atoms with van der Waals surface area (Å²) in [5, 5.41) is 27.2. The van der Waals surface area contributed by atoms with E-state index in [1.54, 1.807) is 0 Å². The number of amides is 2. The van der Waals surface area contributed by atoms with Crippen molar-refractivity contribution in [2.24, 2.45) is 11.8 Å². The fraction of sp³-hybridized carbons (Fsp3) is 0.875. The second-order valence-corrected chi connectivity index (χ2v) is 14.7. The highest BCUT2D eigenvalue weighted by molar-refractivity contribution is 5.85. The van der Waals surface area contributed by atoms with Gasteiger partial charge in [0.25, 0.3) is 0 Å². The lowest BCUT2D eigenvalue weighted by Crippen LogP contribution is -2.45. The quantitative estimate of drug-likeness (QED) is 0.0441. The molecule has 1 saturated carbocycles. The molecule has 1 rings (SSSR count). The number of carboxylic acids is 2. The molecule has 12 nitrogen and oxygen atoms in total. The first kappa shape index (κ1) is 47.5. The van der Waals surface area contributed by atoms with Crippen molar-refractivity contribution in [1.29, 1.82) is 0 Å². The number of ketones is 1. The molecule has 1 aliphatic rings. The zero-order valence-corrected chi connectivity index (χ0v) is 32.4. The number of carboxylic acid groups (broad SMARTS) is 2. The predicted octanol–water partition coefficient (Wildman–Crippen LogP) is 6.58. The van der Waals surface area contributed by atoms with Crippen LogP contribution in [0.25, 0.3) is 0 Å². The summed E-state index contributed by atoms with van der Waals surface area (Å²) in [4.78, 5) is 58.1. The van der Waals surface area contributed by atoms with Crippen LogP contribution in [0.2, 0.25) is 0 Å². The fourth-order valence-corrected chi connectivity index (χ4v) is 6.72. The van der Waals surface area contributed by atoms with Crippen molar-refractivity contribution in [3.8, 4) is 0 Å². The molecule has 302 valence electrons. The Bertz CT molecular complexity index is 957. The van der Waals surface area contributed by atoms with E-state index in [4.69, 9.17) is 14.6 Å². The number of ether oxygens (including phenoxy) is 2. The molecule has 0 aromatic rings. The molecule has 0 bridgehead atoms. The highest BCUT2D eigenvalue weighted by Gasteiger charge is 2.29. The van der Waals surface area contributed by atoms with E-state index in [1.807, 2.05) is 0 Å². The highest BCUT2D eigenvalue weighted by Crippen LogP contribution is 2.28. The zero-order valence-electron chi connectivity index (χ0n) is 32.4. The Hall–Kier alpha value is -2.57. The molecule has 2 amide bonds. The van der Waals surface area contributed by atoms with Crippen LogP contribution in [0, 0.1) is 11.8 Å². The van der Waals surface area contributed by atoms with Crippen LogP contribution in [0.15, 0.2) is 0 Å². The van der Waals surface area contributed by atoms with E-state index < -0.39 is 18.0 Å². The average Bonchev–Trinajstić information content (AvgIpc) is 3.11. The minimum atomic E-state index is -1.14. The maximum absolute atomic E-state index is 12.8. The van der Waals surface area contributed by atoms with Crippen LogP contribution in [0.5, 0.6) is 0 Å². The van der Waals surface area contributed by atoms with Crippen LogP contribution >= 0.6 is 0 Å². The summed E-state index contributed by atoms with van der Waals surface area (Å²) in [5.74, 6) is -2.05. The van der Waals surface area contributed by atoms with Crippen LogP contribution in [0.3, 0.4) is 0 Å². The number of hydrogen-bond donors (Lipinski definition) is 5. The molecule has 0 aromatic carbocycles. The minimum absolute atomic E-state index is 0.0125. The van der Waals surface area contributed by atoms with Crippen LogP contribution in [-0.2, 0) is 33.4 Å². The topological polar surface area (TPSA) is 180 Å². The van der Waals surface area contributed by atoms with Crippen molar-refractivity contribution in [2.75, 3.05) is 46.1 Å². The number of unbranched alkanes of at least 4 members (excludes halogenated alkanes) is 16. The Kier molecular flexibility index (Phi) is 30.1. The Morgan fingerprint density at radius 2 is 1.15 bits per heavy atom. The van der Waals surface area contributed by atoms with Gasteiger partial charge in [-0.1, -0.05) is 96.3 Å². The van der Waals surface area contributed by atoms with Crippen LogP contribution in [0.4, 0.5) is 0 Å². The maximum Gasteiger partial charge on any atom is 0.326 e. The molecule has 0 aromatic heterocycles. The number of rotatable bonds is 36. The summed E-state index contributed by atoms with van der Waals surface area (Å²) in [6.45, 7) is 4.64. The molecule has 12 heteroatoms. The van der Waals surface area contributed by atoms with Gasteiger partial charge in [-0.2, -0.15) is 0 Å². The predicted molar refractivity (Wildman–Crippen MR) is 203 cm³/mol. The van der Waals surface area contributed by atoms with Crippen molar-refractivity contribution in [3.05, 3.63) is 0 Å². The number of carbonyl (C=O) groups is 5. The Labute approximate surface area is 313 Å². The largest absolute Gasteiger partial charge is 0.481 e. The fourth-order valence-electron chi connectivity index (χ4n) is 6.72. The molecule has 0 heterocycles. The molecule has 0 spiro atoms. The minimum Gasteiger partial charge on any atom is -0.481 e. The van der Waals surface area contributed by atoms with Crippen LogP contribution in [-0.4, -0.2) is 91.9 Å². The summed E-state index contributed by atoms with van der Waals surface area (Å²) in [6.07, 6.45) is 25.2. The molecular weight excluding hydrogens is 666 g/mol. The Balaban J connectivity index is 1.95. The van der Waals surface area contributed by atoms with Crippen molar-refractivity contribution in [3.63, 3.8) is 0 Å². The van der Waals surface area contributed by atoms with E-state index >= 15 is 0 Å². The monoisotopic (exact) mass is 740 g/mol. The van der Waals surface area contributed by atoms with E-state index in [0.717, 1.165) is 51.6 Å². The second-order valence-electron chi connectivity index (χ2n) is 14.7. The van der Waals surface area contributed by atoms with Crippen molar-refractivity contribution >= 4 is 29.5 Å². The van der Waals surface area contributed by atoms with Gasteiger partial charge in [-0.05, 0) is 70.9 Å². The molecule has 1 fully saturated rings. The van der Waals surface area contributed by atoms with E-state index in [-0.39, 0.29) is 56.1 Å². The van der Waals surface area contributed by atoms with Gasteiger partial charge in [0, 0.05) is 25.3 Å². The third-order valence-electron chi connectivity index (χ3n) is 9.92. The molecule has 0 saturated heterocycles. The van der Waals surface area contributed by atoms with Crippen molar-refractivity contribution < 1.29 is 43.7 Å². The van der Waals surface area contributed by atoms with Gasteiger partial charge in [-0.15, -0.1) is 0 Å². The Morgan fingerprint density at radius 1 is 0.635 bits per heavy atom. The molecule has 0 radical (unpaired) electrons. The zero-order chi connectivity index (χ0) is 38.1. The average molecular weight is 740 g/mol. The van der Waals surface area contributed by atoms with E-state index in [2.05, 4.69) is 16.0 Å². The van der Waals surface area contributed by atoms with Gasteiger partial charge in [-0.3, -0.25) is 19.2 Å². The summed E-state index contributed by atoms with van der Waals surface area (Å²) >= 11 is 0. The number of carbonyl (C=O) groups excluding carboxylic acids is 3. The third-order valence-corrected chi connectivity index (χ3v) is 9.92. The van der Waals surface area contributed by atoms with Crippen LogP contribution in [0.1, 0.15) is 161 Å². The van der Waals surface area contributed by atoms with Gasteiger partial charge in [0.15, 0.2) is 5.78 Å². The van der Waals surface area contributed by atoms with E-state index in [0.29, 0.717) is 25.6 Å². The van der Waals surface area contributed by atoms with Gasteiger partial charge < -0.3 is 35.6 Å². The van der Waals surface area contributed by atoms with Crippen LogP contribution < -0.4 is 16.0 Å². The van der Waals surface area contributed by atoms with E-state index in [1.165, 1.54) is 103 Å². The summed E-state index contributed by atoms with van der Waals surface area (Å²) in [5.41, 5.74) is 0. The normalized spacial score (nSPS) is 16.3.